The molecule has 2 fully saturated rings. The number of likely N-dealkylation sites (tertiary alicyclic amines) is 1. The summed E-state index contributed by atoms with van der Waals surface area (Å²) in [6.07, 6.45) is 0.993. The molecule has 5 nitrogen and oxygen atoms in total. The maximum Gasteiger partial charge on any atom is 0.238 e. The average molecular weight is 272 g/mol. The number of carbonyl (C=O) groups is 3. The summed E-state index contributed by atoms with van der Waals surface area (Å²) in [6, 6.07) is 9.43. The maximum atomic E-state index is 12.6. The van der Waals surface area contributed by atoms with Crippen molar-refractivity contribution in [2.45, 2.75) is 25.8 Å². The number of hydrogen-bond acceptors (Lipinski definition) is 3. The van der Waals surface area contributed by atoms with E-state index in [9.17, 15) is 14.4 Å². The van der Waals surface area contributed by atoms with E-state index in [1.165, 1.54) is 4.90 Å². The van der Waals surface area contributed by atoms with Gasteiger partial charge in [-0.15, -0.1) is 0 Å². The van der Waals surface area contributed by atoms with Crippen LogP contribution in [0.5, 0.6) is 0 Å². The lowest BCUT2D eigenvalue weighted by atomic mass is 9.78. The standard InChI is InChI=1S/C15H16N2O3/c18-12-8-15(10-16-12)7-6-13(19)17(14(15)20)9-11-4-2-1-3-5-11/h1-5H,6-10H2,(H,16,18). The van der Waals surface area contributed by atoms with Gasteiger partial charge in [-0.05, 0) is 12.0 Å². The van der Waals surface area contributed by atoms with Gasteiger partial charge in [0.15, 0.2) is 0 Å². The zero-order valence-electron chi connectivity index (χ0n) is 11.1. The minimum atomic E-state index is -0.709. The first-order valence-corrected chi connectivity index (χ1v) is 6.76. The van der Waals surface area contributed by atoms with Crippen LogP contribution < -0.4 is 5.32 Å². The van der Waals surface area contributed by atoms with Crippen LogP contribution in [0.2, 0.25) is 0 Å². The van der Waals surface area contributed by atoms with Crippen molar-refractivity contribution in [2.75, 3.05) is 6.54 Å². The van der Waals surface area contributed by atoms with Gasteiger partial charge in [0.25, 0.3) is 0 Å². The van der Waals surface area contributed by atoms with E-state index in [1.54, 1.807) is 0 Å². The number of hydrogen-bond donors (Lipinski definition) is 1. The third-order valence-electron chi connectivity index (χ3n) is 4.12. The molecule has 0 radical (unpaired) electrons. The molecule has 2 saturated heterocycles. The molecule has 1 atom stereocenters. The Bertz CT molecular complexity index is 570. The van der Waals surface area contributed by atoms with Crippen molar-refractivity contribution in [3.05, 3.63) is 35.9 Å². The highest BCUT2D eigenvalue weighted by Gasteiger charge is 2.51. The van der Waals surface area contributed by atoms with Crippen molar-refractivity contribution in [3.8, 4) is 0 Å². The van der Waals surface area contributed by atoms with Crippen LogP contribution in [0.4, 0.5) is 0 Å². The van der Waals surface area contributed by atoms with E-state index in [4.69, 9.17) is 0 Å². The molecule has 2 heterocycles. The molecular formula is C15H16N2O3. The van der Waals surface area contributed by atoms with E-state index < -0.39 is 5.41 Å². The van der Waals surface area contributed by atoms with Crippen LogP contribution in [-0.2, 0) is 20.9 Å². The first kappa shape index (κ1) is 12.8. The summed E-state index contributed by atoms with van der Waals surface area (Å²) >= 11 is 0. The SMILES string of the molecule is O=C1CC2(CCC(=O)N(Cc3ccccc3)C2=O)CN1. The molecule has 104 valence electrons. The van der Waals surface area contributed by atoms with Gasteiger partial charge >= 0.3 is 0 Å². The van der Waals surface area contributed by atoms with Crippen LogP contribution in [0.1, 0.15) is 24.8 Å². The minimum absolute atomic E-state index is 0.104. The number of carbonyl (C=O) groups excluding carboxylic acids is 3. The zero-order chi connectivity index (χ0) is 14.2. The smallest absolute Gasteiger partial charge is 0.238 e. The Morgan fingerprint density at radius 1 is 1.15 bits per heavy atom. The zero-order valence-corrected chi connectivity index (χ0v) is 11.1. The number of nitrogens with zero attached hydrogens (tertiary/aromatic N) is 1. The lowest BCUT2D eigenvalue weighted by molar-refractivity contribution is -0.158. The Morgan fingerprint density at radius 2 is 1.90 bits per heavy atom. The number of nitrogens with one attached hydrogen (secondary N) is 1. The summed E-state index contributed by atoms with van der Waals surface area (Å²) < 4.78 is 0. The van der Waals surface area contributed by atoms with E-state index in [2.05, 4.69) is 5.32 Å². The first-order chi connectivity index (χ1) is 9.61. The highest BCUT2D eigenvalue weighted by atomic mass is 16.2. The molecule has 2 aliphatic heterocycles. The summed E-state index contributed by atoms with van der Waals surface area (Å²) in [4.78, 5) is 37.4. The Kier molecular flexibility index (Phi) is 3.04. The molecule has 0 saturated carbocycles. The van der Waals surface area contributed by atoms with Crippen LogP contribution in [-0.4, -0.2) is 29.2 Å². The van der Waals surface area contributed by atoms with E-state index in [-0.39, 0.29) is 30.7 Å². The average Bonchev–Trinajstić information content (AvgIpc) is 2.84. The van der Waals surface area contributed by atoms with Gasteiger partial charge in [0.2, 0.25) is 17.7 Å². The Labute approximate surface area is 116 Å². The summed E-state index contributed by atoms with van der Waals surface area (Å²) in [7, 11) is 0. The van der Waals surface area contributed by atoms with Crippen LogP contribution in [0.3, 0.4) is 0 Å². The van der Waals surface area contributed by atoms with Crippen LogP contribution in [0.15, 0.2) is 30.3 Å². The monoisotopic (exact) mass is 272 g/mol. The van der Waals surface area contributed by atoms with Gasteiger partial charge in [0.1, 0.15) is 0 Å². The molecule has 3 rings (SSSR count). The molecule has 1 aromatic carbocycles. The quantitative estimate of drug-likeness (QED) is 0.811. The third-order valence-corrected chi connectivity index (χ3v) is 4.12. The topological polar surface area (TPSA) is 66.5 Å². The molecule has 1 spiro atoms. The summed E-state index contributed by atoms with van der Waals surface area (Å²) in [5.41, 5.74) is 0.211. The first-order valence-electron chi connectivity index (χ1n) is 6.76. The van der Waals surface area contributed by atoms with Gasteiger partial charge in [-0.1, -0.05) is 30.3 Å². The van der Waals surface area contributed by atoms with Crippen molar-refractivity contribution >= 4 is 17.7 Å². The predicted molar refractivity (Wildman–Crippen MR) is 71.3 cm³/mol. The van der Waals surface area contributed by atoms with Crippen molar-refractivity contribution in [1.82, 2.24) is 10.2 Å². The van der Waals surface area contributed by atoms with Crippen molar-refractivity contribution in [2.24, 2.45) is 5.41 Å². The fourth-order valence-electron chi connectivity index (χ4n) is 2.94. The number of rotatable bonds is 2. The molecule has 1 N–H and O–H groups in total. The van der Waals surface area contributed by atoms with E-state index >= 15 is 0 Å². The summed E-state index contributed by atoms with van der Waals surface area (Å²) in [5.74, 6) is -0.466. The molecule has 1 unspecified atom stereocenters. The van der Waals surface area contributed by atoms with Crippen LogP contribution in [0.25, 0.3) is 0 Å². The molecule has 0 aliphatic carbocycles. The molecule has 0 aromatic heterocycles. The highest BCUT2D eigenvalue weighted by Crippen LogP contribution is 2.38. The van der Waals surface area contributed by atoms with E-state index in [0.29, 0.717) is 19.4 Å². The summed E-state index contributed by atoms with van der Waals surface area (Å²) in [5, 5.41) is 2.71. The lowest BCUT2D eigenvalue weighted by Gasteiger charge is -2.36. The Balaban J connectivity index is 1.84. The van der Waals surface area contributed by atoms with Gasteiger partial charge in [-0.3, -0.25) is 19.3 Å². The van der Waals surface area contributed by atoms with Crippen LogP contribution in [0, 0.1) is 5.41 Å². The predicted octanol–water partition coefficient (Wildman–Crippen LogP) is 0.842. The molecule has 3 amide bonds. The normalized spacial score (nSPS) is 26.2. The van der Waals surface area contributed by atoms with Gasteiger partial charge in [-0.25, -0.2) is 0 Å². The van der Waals surface area contributed by atoms with Crippen molar-refractivity contribution < 1.29 is 14.4 Å². The fraction of sp³-hybridized carbons (Fsp3) is 0.400. The minimum Gasteiger partial charge on any atom is -0.355 e. The van der Waals surface area contributed by atoms with Gasteiger partial charge in [0.05, 0.1) is 12.0 Å². The molecule has 2 aliphatic rings. The van der Waals surface area contributed by atoms with E-state index in [1.807, 2.05) is 30.3 Å². The molecule has 20 heavy (non-hydrogen) atoms. The second-order valence-corrected chi connectivity index (χ2v) is 5.50. The Morgan fingerprint density at radius 3 is 2.55 bits per heavy atom. The third kappa shape index (κ3) is 2.09. The number of imide groups is 1. The number of benzene rings is 1. The van der Waals surface area contributed by atoms with Crippen molar-refractivity contribution in [1.29, 1.82) is 0 Å². The van der Waals surface area contributed by atoms with Gasteiger partial charge in [0, 0.05) is 19.4 Å². The highest BCUT2D eigenvalue weighted by molar-refractivity contribution is 6.03. The fourth-order valence-corrected chi connectivity index (χ4v) is 2.94. The number of amides is 3. The molecule has 1 aromatic rings. The second-order valence-electron chi connectivity index (χ2n) is 5.50. The molecule has 5 heteroatoms. The Hall–Kier alpha value is -2.17. The molecule has 0 bridgehead atoms. The largest absolute Gasteiger partial charge is 0.355 e. The second kappa shape index (κ2) is 4.74. The lowest BCUT2D eigenvalue weighted by Crippen LogP contribution is -2.52. The van der Waals surface area contributed by atoms with Gasteiger partial charge in [-0.2, -0.15) is 0 Å². The number of piperidine rings is 1. The molecular weight excluding hydrogens is 256 g/mol. The van der Waals surface area contributed by atoms with Crippen molar-refractivity contribution in [3.63, 3.8) is 0 Å². The van der Waals surface area contributed by atoms with E-state index in [0.717, 1.165) is 5.56 Å². The van der Waals surface area contributed by atoms with Gasteiger partial charge < -0.3 is 5.32 Å². The maximum absolute atomic E-state index is 12.6. The summed E-state index contributed by atoms with van der Waals surface area (Å²) in [6.45, 7) is 0.637. The van der Waals surface area contributed by atoms with Crippen LogP contribution >= 0.6 is 0 Å².